The Kier molecular flexibility index (Phi) is 9.47. The predicted molar refractivity (Wildman–Crippen MR) is 105 cm³/mol. The molecule has 0 saturated heterocycles. The van der Waals surface area contributed by atoms with Gasteiger partial charge in [0.1, 0.15) is 0 Å². The normalized spacial score (nSPS) is 18.7. The Morgan fingerprint density at radius 3 is 2.44 bits per heavy atom. The van der Waals surface area contributed by atoms with Crippen LogP contribution in [0.3, 0.4) is 0 Å². The van der Waals surface area contributed by atoms with Crippen LogP contribution in [0.25, 0.3) is 0 Å². The van der Waals surface area contributed by atoms with Crippen molar-refractivity contribution in [3.05, 3.63) is 35.9 Å². The Labute approximate surface area is 158 Å². The van der Waals surface area contributed by atoms with E-state index < -0.39 is 0 Å². The van der Waals surface area contributed by atoms with E-state index in [4.69, 9.17) is 5.73 Å². The van der Waals surface area contributed by atoms with E-state index in [1.165, 1.54) is 19.3 Å². The second kappa shape index (κ2) is 10.8. The second-order valence-corrected chi connectivity index (χ2v) is 7.44. The zero-order valence-corrected chi connectivity index (χ0v) is 16.1. The lowest BCUT2D eigenvalue weighted by Gasteiger charge is -2.35. The largest absolute Gasteiger partial charge is 0.393 e. The van der Waals surface area contributed by atoms with E-state index in [2.05, 4.69) is 17.4 Å². The van der Waals surface area contributed by atoms with Crippen LogP contribution in [0.5, 0.6) is 0 Å². The first-order valence-electron chi connectivity index (χ1n) is 9.24. The van der Waals surface area contributed by atoms with Crippen LogP contribution in [0.1, 0.15) is 63.4 Å². The number of aliphatic hydroxyl groups excluding tert-OH is 1. The summed E-state index contributed by atoms with van der Waals surface area (Å²) >= 11 is 0. The lowest BCUT2D eigenvalue weighted by atomic mass is 9.71. The molecule has 2 atom stereocenters. The molecule has 0 heterocycles. The maximum Gasteiger partial charge on any atom is 0.220 e. The van der Waals surface area contributed by atoms with E-state index in [1.54, 1.807) is 6.92 Å². The van der Waals surface area contributed by atoms with Gasteiger partial charge in [-0.1, -0.05) is 49.6 Å². The van der Waals surface area contributed by atoms with Crippen LogP contribution in [-0.2, 0) is 4.79 Å². The molecule has 1 aliphatic rings. The van der Waals surface area contributed by atoms with E-state index in [9.17, 15) is 9.90 Å². The van der Waals surface area contributed by atoms with Gasteiger partial charge in [-0.3, -0.25) is 4.79 Å². The fraction of sp³-hybridized carbons (Fsp3) is 0.650. The summed E-state index contributed by atoms with van der Waals surface area (Å²) in [7, 11) is 0. The highest BCUT2D eigenvalue weighted by molar-refractivity contribution is 5.85. The predicted octanol–water partition coefficient (Wildman–Crippen LogP) is 3.38. The first-order chi connectivity index (χ1) is 11.5. The number of carbonyl (C=O) groups is 1. The third-order valence-electron chi connectivity index (χ3n) is 5.33. The molecule has 0 bridgehead atoms. The molecule has 142 valence electrons. The average Bonchev–Trinajstić information content (AvgIpc) is 2.60. The molecule has 2 rings (SSSR count). The minimum absolute atomic E-state index is 0. The number of hydrogen-bond acceptors (Lipinski definition) is 3. The molecule has 0 spiro atoms. The van der Waals surface area contributed by atoms with Crippen molar-refractivity contribution in [1.29, 1.82) is 0 Å². The number of hydrogen-bond donors (Lipinski definition) is 3. The molecular weight excluding hydrogens is 336 g/mol. The summed E-state index contributed by atoms with van der Waals surface area (Å²) in [5, 5.41) is 12.8. The van der Waals surface area contributed by atoms with E-state index in [-0.39, 0.29) is 35.8 Å². The summed E-state index contributed by atoms with van der Waals surface area (Å²) in [6.45, 7) is 2.95. The molecule has 1 fully saturated rings. The van der Waals surface area contributed by atoms with Crippen molar-refractivity contribution in [2.24, 2.45) is 11.1 Å². The minimum Gasteiger partial charge on any atom is -0.393 e. The van der Waals surface area contributed by atoms with Gasteiger partial charge in [0.15, 0.2) is 0 Å². The highest BCUT2D eigenvalue weighted by Crippen LogP contribution is 2.38. The molecule has 2 unspecified atom stereocenters. The van der Waals surface area contributed by atoms with Crippen molar-refractivity contribution < 1.29 is 9.90 Å². The van der Waals surface area contributed by atoms with Crippen LogP contribution in [0.4, 0.5) is 0 Å². The van der Waals surface area contributed by atoms with E-state index in [1.807, 2.05) is 18.2 Å². The molecule has 1 saturated carbocycles. The molecule has 1 aromatic carbocycles. The third kappa shape index (κ3) is 6.96. The molecule has 25 heavy (non-hydrogen) atoms. The molecule has 4 N–H and O–H groups in total. The molecule has 1 aromatic rings. The molecule has 0 radical (unpaired) electrons. The zero-order valence-electron chi connectivity index (χ0n) is 15.2. The first-order valence-corrected chi connectivity index (χ1v) is 9.24. The van der Waals surface area contributed by atoms with Crippen molar-refractivity contribution in [2.75, 3.05) is 13.1 Å². The summed E-state index contributed by atoms with van der Waals surface area (Å²) in [5.41, 5.74) is 7.14. The molecule has 1 amide bonds. The maximum absolute atomic E-state index is 12.5. The molecular formula is C20H33ClN2O2. The summed E-state index contributed by atoms with van der Waals surface area (Å²) in [4.78, 5) is 12.5. The molecule has 5 heteroatoms. The Hall–Kier alpha value is -1.10. The number of nitrogens with two attached hydrogens (primary N) is 1. The van der Waals surface area contributed by atoms with Gasteiger partial charge in [0.05, 0.1) is 6.10 Å². The first kappa shape index (κ1) is 21.9. The van der Waals surface area contributed by atoms with Crippen molar-refractivity contribution in [2.45, 2.75) is 63.9 Å². The number of nitrogens with one attached hydrogen (secondary N) is 1. The van der Waals surface area contributed by atoms with Crippen molar-refractivity contribution in [3.8, 4) is 0 Å². The van der Waals surface area contributed by atoms with E-state index >= 15 is 0 Å². The van der Waals surface area contributed by atoms with Gasteiger partial charge in [0.25, 0.3) is 0 Å². The zero-order chi connectivity index (χ0) is 17.4. The van der Waals surface area contributed by atoms with Gasteiger partial charge < -0.3 is 16.2 Å². The van der Waals surface area contributed by atoms with Crippen LogP contribution in [-0.4, -0.2) is 30.2 Å². The smallest absolute Gasteiger partial charge is 0.220 e. The van der Waals surface area contributed by atoms with Gasteiger partial charge in [0.2, 0.25) is 5.91 Å². The number of benzene rings is 1. The van der Waals surface area contributed by atoms with Crippen LogP contribution in [0.2, 0.25) is 0 Å². The quantitative estimate of drug-likeness (QED) is 0.658. The van der Waals surface area contributed by atoms with Gasteiger partial charge in [0, 0.05) is 18.9 Å². The number of aliphatic hydroxyl groups is 1. The Balaban J connectivity index is 0.00000312. The summed E-state index contributed by atoms with van der Waals surface area (Å²) in [5.74, 6) is 0.226. The van der Waals surface area contributed by atoms with Crippen molar-refractivity contribution in [1.82, 2.24) is 5.32 Å². The minimum atomic E-state index is -0.388. The number of carbonyl (C=O) groups excluding carboxylic acids is 1. The second-order valence-electron chi connectivity index (χ2n) is 7.44. The summed E-state index contributed by atoms with van der Waals surface area (Å²) in [6, 6.07) is 10.1. The van der Waals surface area contributed by atoms with Gasteiger partial charge in [-0.2, -0.15) is 0 Å². The molecule has 0 aliphatic heterocycles. The average molecular weight is 369 g/mol. The fourth-order valence-corrected chi connectivity index (χ4v) is 3.87. The van der Waals surface area contributed by atoms with Crippen LogP contribution < -0.4 is 11.1 Å². The lowest BCUT2D eigenvalue weighted by molar-refractivity contribution is -0.124. The van der Waals surface area contributed by atoms with Gasteiger partial charge in [-0.15, -0.1) is 12.4 Å². The highest BCUT2D eigenvalue weighted by Gasteiger charge is 2.33. The Morgan fingerprint density at radius 2 is 1.88 bits per heavy atom. The van der Waals surface area contributed by atoms with E-state index in [0.717, 1.165) is 18.4 Å². The number of amides is 1. The fourth-order valence-electron chi connectivity index (χ4n) is 3.87. The van der Waals surface area contributed by atoms with Crippen LogP contribution in [0.15, 0.2) is 30.3 Å². The van der Waals surface area contributed by atoms with E-state index in [0.29, 0.717) is 25.9 Å². The Morgan fingerprint density at radius 1 is 1.24 bits per heavy atom. The number of halogens is 1. The SMILES string of the molecule is CC(O)CC(CNC(=O)CC1(CN)CCCCC1)c1ccccc1.Cl. The van der Waals surface area contributed by atoms with Gasteiger partial charge in [-0.05, 0) is 43.7 Å². The monoisotopic (exact) mass is 368 g/mol. The third-order valence-corrected chi connectivity index (χ3v) is 5.33. The standard InChI is InChI=1S/C20H32N2O2.ClH/c1-16(23)12-18(17-8-4-2-5-9-17)14-22-19(24)13-20(15-21)10-6-3-7-11-20;/h2,4-5,8-9,16,18,23H,3,6-7,10-15,21H2,1H3,(H,22,24);1H. The lowest BCUT2D eigenvalue weighted by Crippen LogP contribution is -2.39. The Bertz CT molecular complexity index is 502. The summed E-state index contributed by atoms with van der Waals surface area (Å²) in [6.07, 6.45) is 6.53. The highest BCUT2D eigenvalue weighted by atomic mass is 35.5. The molecule has 4 nitrogen and oxygen atoms in total. The summed E-state index contributed by atoms with van der Waals surface area (Å²) < 4.78 is 0. The topological polar surface area (TPSA) is 75.3 Å². The van der Waals surface area contributed by atoms with Crippen LogP contribution >= 0.6 is 12.4 Å². The van der Waals surface area contributed by atoms with Crippen LogP contribution in [0, 0.1) is 5.41 Å². The van der Waals surface area contributed by atoms with Gasteiger partial charge >= 0.3 is 0 Å². The van der Waals surface area contributed by atoms with Gasteiger partial charge in [-0.25, -0.2) is 0 Å². The van der Waals surface area contributed by atoms with Crippen molar-refractivity contribution in [3.63, 3.8) is 0 Å². The molecule has 1 aliphatic carbocycles. The molecule has 0 aromatic heterocycles. The maximum atomic E-state index is 12.5. The van der Waals surface area contributed by atoms with Crippen molar-refractivity contribution >= 4 is 18.3 Å². The number of rotatable bonds is 8.